The molecule has 0 fully saturated rings. The van der Waals surface area contributed by atoms with Crippen molar-refractivity contribution in [2.75, 3.05) is 33.1 Å². The van der Waals surface area contributed by atoms with E-state index >= 15 is 0 Å². The van der Waals surface area contributed by atoms with E-state index in [1.165, 1.54) is 6.07 Å². The van der Waals surface area contributed by atoms with Crippen LogP contribution in [0.1, 0.15) is 23.6 Å². The Kier molecular flexibility index (Phi) is 13.4. The quantitative estimate of drug-likeness (QED) is 0.192. The van der Waals surface area contributed by atoms with Crippen molar-refractivity contribution in [3.63, 3.8) is 0 Å². The molecule has 9 heteroatoms. The summed E-state index contributed by atoms with van der Waals surface area (Å²) in [6.07, 6.45) is 3.70. The van der Waals surface area contributed by atoms with E-state index in [-0.39, 0.29) is 29.8 Å². The van der Waals surface area contributed by atoms with Crippen molar-refractivity contribution in [1.29, 1.82) is 0 Å². The average Bonchev–Trinajstić information content (AvgIpc) is 2.72. The summed E-state index contributed by atoms with van der Waals surface area (Å²) in [5, 5.41) is 6.56. The summed E-state index contributed by atoms with van der Waals surface area (Å²) in [4.78, 5) is 8.93. The average molecular weight is 548 g/mol. The first kappa shape index (κ1) is 26.4. The molecule has 2 aromatic rings. The third-order valence-corrected chi connectivity index (χ3v) is 4.64. The first-order valence-electron chi connectivity index (χ1n) is 9.52. The van der Waals surface area contributed by atoms with Gasteiger partial charge in [0, 0.05) is 37.7 Å². The van der Waals surface area contributed by atoms with E-state index in [0.717, 1.165) is 29.0 Å². The Morgan fingerprint density at radius 2 is 2.00 bits per heavy atom. The molecule has 0 atom stereocenters. The second-order valence-corrected chi connectivity index (χ2v) is 7.07. The van der Waals surface area contributed by atoms with Gasteiger partial charge in [-0.05, 0) is 42.5 Å². The van der Waals surface area contributed by atoms with Crippen molar-refractivity contribution in [2.45, 2.75) is 25.8 Å². The zero-order chi connectivity index (χ0) is 20.9. The maximum Gasteiger partial charge on any atom is 0.218 e. The van der Waals surface area contributed by atoms with Gasteiger partial charge in [0.2, 0.25) is 5.88 Å². The maximum absolute atomic E-state index is 13.6. The van der Waals surface area contributed by atoms with Gasteiger partial charge in [-0.2, -0.15) is 11.8 Å². The number of aromatic nitrogens is 1. The minimum Gasteiger partial charge on any atom is -0.475 e. The van der Waals surface area contributed by atoms with Crippen molar-refractivity contribution in [1.82, 2.24) is 15.6 Å². The molecule has 0 unspecified atom stereocenters. The smallest absolute Gasteiger partial charge is 0.218 e. The summed E-state index contributed by atoms with van der Waals surface area (Å²) in [6, 6.07) is 8.71. The van der Waals surface area contributed by atoms with E-state index in [1.807, 2.05) is 31.4 Å². The summed E-state index contributed by atoms with van der Waals surface area (Å²) in [5.74, 6) is 1.79. The fourth-order valence-electron chi connectivity index (χ4n) is 2.64. The van der Waals surface area contributed by atoms with Gasteiger partial charge in [0.1, 0.15) is 12.4 Å². The molecule has 0 bridgehead atoms. The van der Waals surface area contributed by atoms with E-state index in [9.17, 15) is 4.39 Å². The fourth-order valence-corrected chi connectivity index (χ4v) is 3.22. The molecular formula is C21H30FIN4O2S. The molecule has 2 rings (SSSR count). The maximum atomic E-state index is 13.6. The molecule has 0 radical (unpaired) electrons. The van der Waals surface area contributed by atoms with E-state index in [0.29, 0.717) is 38.1 Å². The highest BCUT2D eigenvalue weighted by Crippen LogP contribution is 2.17. The standard InChI is InChI=1S/C21H29FN4O2S.HI/c1-4-23-21(25-13-16-7-8-19(22)12-18(16)15-29-3)26-14-17-6-5-9-24-20(17)28-11-10-27-2;/h5-9,12H,4,10-11,13-15H2,1-3H3,(H2,23,25,26);1H. The van der Waals surface area contributed by atoms with Gasteiger partial charge in [-0.25, -0.2) is 14.4 Å². The van der Waals surface area contributed by atoms with Gasteiger partial charge >= 0.3 is 0 Å². The van der Waals surface area contributed by atoms with Crippen LogP contribution in [0.3, 0.4) is 0 Å². The largest absolute Gasteiger partial charge is 0.475 e. The molecule has 2 N–H and O–H groups in total. The second kappa shape index (κ2) is 15.2. The SMILES string of the molecule is CCNC(=NCc1cccnc1OCCOC)NCc1ccc(F)cc1CSC.I. The lowest BCUT2D eigenvalue weighted by Crippen LogP contribution is -2.37. The predicted octanol–water partition coefficient (Wildman–Crippen LogP) is 3.98. The minimum atomic E-state index is -0.212. The number of halogens is 2. The number of aliphatic imine (C=N–C) groups is 1. The number of guanidine groups is 1. The Balaban J connectivity index is 0.00000450. The first-order chi connectivity index (χ1) is 14.2. The molecule has 30 heavy (non-hydrogen) atoms. The minimum absolute atomic E-state index is 0. The molecule has 6 nitrogen and oxygen atoms in total. The van der Waals surface area contributed by atoms with Gasteiger partial charge < -0.3 is 20.1 Å². The number of pyridine rings is 1. The molecule has 0 saturated heterocycles. The Bertz CT molecular complexity index is 795. The van der Waals surface area contributed by atoms with E-state index in [1.54, 1.807) is 31.1 Å². The summed E-state index contributed by atoms with van der Waals surface area (Å²) >= 11 is 1.67. The van der Waals surface area contributed by atoms with Crippen LogP contribution in [0, 0.1) is 5.82 Å². The highest BCUT2D eigenvalue weighted by molar-refractivity contribution is 14.0. The number of rotatable bonds is 11. The Morgan fingerprint density at radius 1 is 1.17 bits per heavy atom. The van der Waals surface area contributed by atoms with Crippen molar-refractivity contribution >= 4 is 41.7 Å². The molecule has 1 aromatic heterocycles. The van der Waals surface area contributed by atoms with Crippen LogP contribution in [-0.2, 0) is 23.6 Å². The zero-order valence-corrected chi connectivity index (χ0v) is 20.8. The highest BCUT2D eigenvalue weighted by Gasteiger charge is 2.07. The van der Waals surface area contributed by atoms with Gasteiger partial charge in [-0.3, -0.25) is 0 Å². The highest BCUT2D eigenvalue weighted by atomic mass is 127. The normalized spacial score (nSPS) is 11.0. The fraction of sp³-hybridized carbons (Fsp3) is 0.429. The zero-order valence-electron chi connectivity index (χ0n) is 17.6. The van der Waals surface area contributed by atoms with Crippen LogP contribution in [-0.4, -0.2) is 44.1 Å². The Morgan fingerprint density at radius 3 is 2.73 bits per heavy atom. The molecule has 0 saturated carbocycles. The molecule has 1 aromatic carbocycles. The van der Waals surface area contributed by atoms with Gasteiger partial charge in [0.25, 0.3) is 0 Å². The topological polar surface area (TPSA) is 67.8 Å². The van der Waals surface area contributed by atoms with Crippen LogP contribution in [0.4, 0.5) is 4.39 Å². The van der Waals surface area contributed by atoms with Crippen LogP contribution >= 0.6 is 35.7 Å². The molecule has 1 heterocycles. The predicted molar refractivity (Wildman–Crippen MR) is 132 cm³/mol. The van der Waals surface area contributed by atoms with Crippen molar-refractivity contribution in [3.8, 4) is 5.88 Å². The summed E-state index contributed by atoms with van der Waals surface area (Å²) < 4.78 is 24.2. The van der Waals surface area contributed by atoms with Gasteiger partial charge in [0.05, 0.1) is 13.2 Å². The summed E-state index contributed by atoms with van der Waals surface area (Å²) in [5.41, 5.74) is 2.93. The lowest BCUT2D eigenvalue weighted by atomic mass is 10.1. The molecule has 166 valence electrons. The molecule has 0 aliphatic carbocycles. The molecule has 0 aliphatic rings. The summed E-state index contributed by atoms with van der Waals surface area (Å²) in [7, 11) is 1.63. The van der Waals surface area contributed by atoms with Crippen LogP contribution in [0.25, 0.3) is 0 Å². The van der Waals surface area contributed by atoms with Crippen molar-refractivity contribution in [3.05, 3.63) is 59.0 Å². The van der Waals surface area contributed by atoms with E-state index < -0.39 is 0 Å². The second-order valence-electron chi connectivity index (χ2n) is 6.20. The molecular weight excluding hydrogens is 518 g/mol. The number of benzene rings is 1. The van der Waals surface area contributed by atoms with Crippen LogP contribution < -0.4 is 15.4 Å². The number of methoxy groups -OCH3 is 1. The van der Waals surface area contributed by atoms with Crippen molar-refractivity contribution in [2.24, 2.45) is 4.99 Å². The van der Waals surface area contributed by atoms with Crippen LogP contribution in [0.15, 0.2) is 41.5 Å². The third-order valence-electron chi connectivity index (χ3n) is 4.04. The molecule has 0 amide bonds. The van der Waals surface area contributed by atoms with Crippen LogP contribution in [0.5, 0.6) is 5.88 Å². The molecule has 0 aliphatic heterocycles. The monoisotopic (exact) mass is 548 g/mol. The Labute approximate surface area is 199 Å². The van der Waals surface area contributed by atoms with E-state index in [2.05, 4.69) is 20.6 Å². The lowest BCUT2D eigenvalue weighted by Gasteiger charge is -2.14. The lowest BCUT2D eigenvalue weighted by molar-refractivity contribution is 0.143. The van der Waals surface area contributed by atoms with Gasteiger partial charge in [0.15, 0.2) is 5.96 Å². The summed E-state index contributed by atoms with van der Waals surface area (Å²) in [6.45, 7) is 4.67. The number of thioether (sulfide) groups is 1. The Hall–Kier alpha value is -1.59. The number of hydrogen-bond acceptors (Lipinski definition) is 5. The van der Waals surface area contributed by atoms with Crippen LogP contribution in [0.2, 0.25) is 0 Å². The van der Waals surface area contributed by atoms with Gasteiger partial charge in [-0.1, -0.05) is 12.1 Å². The third kappa shape index (κ3) is 9.05. The number of hydrogen-bond donors (Lipinski definition) is 2. The van der Waals surface area contributed by atoms with Gasteiger partial charge in [-0.15, -0.1) is 24.0 Å². The van der Waals surface area contributed by atoms with Crippen molar-refractivity contribution < 1.29 is 13.9 Å². The van der Waals surface area contributed by atoms with E-state index in [4.69, 9.17) is 9.47 Å². The number of nitrogens with zero attached hydrogens (tertiary/aromatic N) is 2. The number of ether oxygens (including phenoxy) is 2. The molecule has 0 spiro atoms. The first-order valence-corrected chi connectivity index (χ1v) is 10.9. The number of nitrogens with one attached hydrogen (secondary N) is 2.